The van der Waals surface area contributed by atoms with E-state index < -0.39 is 10.8 Å². The van der Waals surface area contributed by atoms with Crippen LogP contribution >= 0.6 is 0 Å². The molecule has 1 N–H and O–H groups in total. The highest BCUT2D eigenvalue weighted by molar-refractivity contribution is 7.85. The number of anilines is 2. The lowest BCUT2D eigenvalue weighted by Crippen LogP contribution is -2.38. The highest BCUT2D eigenvalue weighted by Gasteiger charge is 2.19. The van der Waals surface area contributed by atoms with Crippen molar-refractivity contribution in [3.8, 4) is 0 Å². The van der Waals surface area contributed by atoms with Crippen LogP contribution in [0.4, 0.5) is 11.8 Å². The molecule has 0 spiro atoms. The molecule has 2 heterocycles. The Kier molecular flexibility index (Phi) is 3.82. The molecule has 0 saturated carbocycles. The summed E-state index contributed by atoms with van der Waals surface area (Å²) in [6.07, 6.45) is 0. The molecule has 0 radical (unpaired) electrons. The Morgan fingerprint density at radius 2 is 2.00 bits per heavy atom. The molecular formula is C14H18N4OS. The highest BCUT2D eigenvalue weighted by Crippen LogP contribution is 2.26. The maximum atomic E-state index is 11.5. The van der Waals surface area contributed by atoms with Gasteiger partial charge in [-0.15, -0.1) is 0 Å². The molecule has 1 aliphatic rings. The van der Waals surface area contributed by atoms with Crippen molar-refractivity contribution in [1.29, 1.82) is 0 Å². The molecule has 0 unspecified atom stereocenters. The minimum atomic E-state index is -0.678. The minimum absolute atomic E-state index is 0.660. The first kappa shape index (κ1) is 13.3. The van der Waals surface area contributed by atoms with E-state index in [4.69, 9.17) is 0 Å². The number of rotatable bonds is 3. The maximum absolute atomic E-state index is 11.5. The molecule has 1 fully saturated rings. The van der Waals surface area contributed by atoms with E-state index in [1.807, 2.05) is 31.2 Å². The van der Waals surface area contributed by atoms with Crippen LogP contribution in [0.3, 0.4) is 0 Å². The Labute approximate surface area is 120 Å². The van der Waals surface area contributed by atoms with Crippen molar-refractivity contribution >= 4 is 33.5 Å². The number of hydrogen-bond acceptors (Lipinski definition) is 5. The van der Waals surface area contributed by atoms with Crippen molar-refractivity contribution in [3.63, 3.8) is 0 Å². The maximum Gasteiger partial charge on any atom is 0.225 e. The molecule has 106 valence electrons. The van der Waals surface area contributed by atoms with E-state index in [0.29, 0.717) is 5.95 Å². The second-order valence-electron chi connectivity index (χ2n) is 4.75. The average molecular weight is 290 g/mol. The summed E-state index contributed by atoms with van der Waals surface area (Å²) in [5, 5.41) is 4.24. The summed E-state index contributed by atoms with van der Waals surface area (Å²) < 4.78 is 11.5. The standard InChI is InChI=1S/C14H18N4OS/c1-2-15-14-16-12-6-4-3-5-11(12)13(17-14)18-7-9-20(19)10-8-18/h3-6H,2,7-10H2,1H3,(H,15,16,17). The summed E-state index contributed by atoms with van der Waals surface area (Å²) in [5.41, 5.74) is 0.945. The summed E-state index contributed by atoms with van der Waals surface area (Å²) >= 11 is 0. The fourth-order valence-electron chi connectivity index (χ4n) is 2.39. The van der Waals surface area contributed by atoms with Gasteiger partial charge in [0.05, 0.1) is 5.52 Å². The molecule has 5 nitrogen and oxygen atoms in total. The monoisotopic (exact) mass is 290 g/mol. The zero-order valence-electron chi connectivity index (χ0n) is 11.5. The van der Waals surface area contributed by atoms with E-state index in [1.54, 1.807) is 0 Å². The van der Waals surface area contributed by atoms with Crippen LogP contribution in [0.5, 0.6) is 0 Å². The van der Waals surface area contributed by atoms with Crippen LogP contribution in [0.2, 0.25) is 0 Å². The summed E-state index contributed by atoms with van der Waals surface area (Å²) in [5.74, 6) is 3.04. The number of nitrogens with zero attached hydrogens (tertiary/aromatic N) is 3. The Morgan fingerprint density at radius 3 is 2.75 bits per heavy atom. The lowest BCUT2D eigenvalue weighted by Gasteiger charge is -2.28. The molecule has 0 amide bonds. The Bertz CT molecular complexity index is 636. The fraction of sp³-hybridized carbons (Fsp3) is 0.429. The molecule has 0 atom stereocenters. The first-order valence-corrected chi connectivity index (χ1v) is 8.37. The second kappa shape index (κ2) is 5.75. The first-order chi connectivity index (χ1) is 9.78. The summed E-state index contributed by atoms with van der Waals surface area (Å²) in [6.45, 7) is 4.41. The predicted octanol–water partition coefficient (Wildman–Crippen LogP) is 1.63. The van der Waals surface area contributed by atoms with Gasteiger partial charge in [0.1, 0.15) is 5.82 Å². The van der Waals surface area contributed by atoms with E-state index in [0.717, 1.165) is 47.9 Å². The van der Waals surface area contributed by atoms with Gasteiger partial charge >= 0.3 is 0 Å². The van der Waals surface area contributed by atoms with Crippen LogP contribution in [0.25, 0.3) is 10.9 Å². The molecule has 1 aliphatic heterocycles. The van der Waals surface area contributed by atoms with Gasteiger partial charge in [-0.25, -0.2) is 4.98 Å². The van der Waals surface area contributed by atoms with E-state index >= 15 is 0 Å². The van der Waals surface area contributed by atoms with Gasteiger partial charge in [0, 0.05) is 47.3 Å². The summed E-state index contributed by atoms with van der Waals surface area (Å²) in [7, 11) is -0.678. The molecule has 2 aromatic rings. The van der Waals surface area contributed by atoms with Crippen molar-refractivity contribution in [1.82, 2.24) is 9.97 Å². The van der Waals surface area contributed by atoms with E-state index in [9.17, 15) is 4.21 Å². The number of para-hydroxylation sites is 1. The van der Waals surface area contributed by atoms with Crippen molar-refractivity contribution in [2.75, 3.05) is 41.4 Å². The molecule has 0 bridgehead atoms. The molecule has 1 saturated heterocycles. The van der Waals surface area contributed by atoms with Gasteiger partial charge in [0.25, 0.3) is 0 Å². The number of hydrogen-bond donors (Lipinski definition) is 1. The Balaban J connectivity index is 2.05. The number of aromatic nitrogens is 2. The third kappa shape index (κ3) is 2.60. The quantitative estimate of drug-likeness (QED) is 0.931. The van der Waals surface area contributed by atoms with Gasteiger partial charge < -0.3 is 10.2 Å². The largest absolute Gasteiger partial charge is 0.354 e. The van der Waals surface area contributed by atoms with Gasteiger partial charge in [-0.3, -0.25) is 4.21 Å². The number of nitrogens with one attached hydrogen (secondary N) is 1. The number of fused-ring (bicyclic) bond motifs is 1. The van der Waals surface area contributed by atoms with Crippen LogP contribution in [0.15, 0.2) is 24.3 Å². The van der Waals surface area contributed by atoms with Crippen LogP contribution in [0, 0.1) is 0 Å². The highest BCUT2D eigenvalue weighted by atomic mass is 32.2. The van der Waals surface area contributed by atoms with Crippen molar-refractivity contribution in [3.05, 3.63) is 24.3 Å². The lowest BCUT2D eigenvalue weighted by molar-refractivity contribution is 0.672. The van der Waals surface area contributed by atoms with Crippen LogP contribution in [0.1, 0.15) is 6.92 Å². The van der Waals surface area contributed by atoms with E-state index in [-0.39, 0.29) is 0 Å². The SMILES string of the molecule is CCNc1nc(N2CCS(=O)CC2)c2ccccc2n1. The van der Waals surface area contributed by atoms with Crippen LogP contribution in [-0.2, 0) is 10.8 Å². The fourth-order valence-corrected chi connectivity index (χ4v) is 3.44. The molecular weight excluding hydrogens is 272 g/mol. The van der Waals surface area contributed by atoms with Gasteiger partial charge in [-0.2, -0.15) is 4.98 Å². The smallest absolute Gasteiger partial charge is 0.225 e. The topological polar surface area (TPSA) is 58.1 Å². The van der Waals surface area contributed by atoms with Gasteiger partial charge in [0.2, 0.25) is 5.95 Å². The summed E-state index contributed by atoms with van der Waals surface area (Å²) in [4.78, 5) is 11.4. The van der Waals surface area contributed by atoms with Crippen molar-refractivity contribution < 1.29 is 4.21 Å². The Morgan fingerprint density at radius 1 is 1.25 bits per heavy atom. The number of benzene rings is 1. The first-order valence-electron chi connectivity index (χ1n) is 6.88. The minimum Gasteiger partial charge on any atom is -0.354 e. The molecule has 1 aromatic heterocycles. The van der Waals surface area contributed by atoms with Crippen LogP contribution < -0.4 is 10.2 Å². The van der Waals surface area contributed by atoms with E-state index in [2.05, 4.69) is 20.2 Å². The third-order valence-corrected chi connectivity index (χ3v) is 4.67. The van der Waals surface area contributed by atoms with Gasteiger partial charge in [-0.05, 0) is 19.1 Å². The molecule has 20 heavy (non-hydrogen) atoms. The molecule has 0 aliphatic carbocycles. The van der Waals surface area contributed by atoms with E-state index in [1.165, 1.54) is 0 Å². The molecule has 3 rings (SSSR count). The lowest BCUT2D eigenvalue weighted by atomic mass is 10.2. The van der Waals surface area contributed by atoms with Gasteiger partial charge in [-0.1, -0.05) is 12.1 Å². The predicted molar refractivity (Wildman–Crippen MR) is 83.8 cm³/mol. The zero-order chi connectivity index (χ0) is 13.9. The van der Waals surface area contributed by atoms with Crippen LogP contribution in [-0.4, -0.2) is 45.3 Å². The normalized spacial score (nSPS) is 16.6. The second-order valence-corrected chi connectivity index (χ2v) is 6.45. The summed E-state index contributed by atoms with van der Waals surface area (Å²) in [6, 6.07) is 8.04. The molecule has 1 aromatic carbocycles. The zero-order valence-corrected chi connectivity index (χ0v) is 12.3. The third-order valence-electron chi connectivity index (χ3n) is 3.40. The average Bonchev–Trinajstić information content (AvgIpc) is 2.48. The molecule has 6 heteroatoms. The van der Waals surface area contributed by atoms with Crippen molar-refractivity contribution in [2.24, 2.45) is 0 Å². The van der Waals surface area contributed by atoms with Crippen molar-refractivity contribution in [2.45, 2.75) is 6.92 Å². The Hall–Kier alpha value is -1.69. The van der Waals surface area contributed by atoms with Gasteiger partial charge in [0.15, 0.2) is 0 Å².